The maximum atomic E-state index is 13.2. The van der Waals surface area contributed by atoms with Gasteiger partial charge in [-0.05, 0) is 43.4 Å². The molecule has 0 aromatic heterocycles. The molecule has 0 amide bonds. The lowest BCUT2D eigenvalue weighted by Gasteiger charge is -2.21. The third-order valence-corrected chi connectivity index (χ3v) is 23.0. The number of aliphatic hydroxyl groups excluding tert-OH is 1. The molecule has 0 spiro atoms. The van der Waals surface area contributed by atoms with Crippen molar-refractivity contribution in [1.29, 1.82) is 0 Å². The molecule has 17 nitrogen and oxygen atoms in total. The summed E-state index contributed by atoms with van der Waals surface area (Å²) in [7, 11) is -9.92. The average Bonchev–Trinajstić information content (AvgIpc) is 0.918. The average molecular weight is 1550 g/mol. The molecule has 0 radical (unpaired) electrons. The fourth-order valence-electron chi connectivity index (χ4n) is 13.5. The Labute approximate surface area is 651 Å². The van der Waals surface area contributed by atoms with Gasteiger partial charge in [0.05, 0.1) is 26.4 Å². The van der Waals surface area contributed by atoms with E-state index in [-0.39, 0.29) is 25.7 Å². The highest BCUT2D eigenvalue weighted by atomic mass is 31.2. The number of phosphoric acid groups is 2. The van der Waals surface area contributed by atoms with Crippen molar-refractivity contribution in [3.63, 3.8) is 0 Å². The van der Waals surface area contributed by atoms with E-state index < -0.39 is 97.5 Å². The van der Waals surface area contributed by atoms with Gasteiger partial charge in [0.25, 0.3) is 0 Å². The Bertz CT molecular complexity index is 2050. The fourth-order valence-corrected chi connectivity index (χ4v) is 15.1. The number of aliphatic hydroxyl groups is 1. The Morgan fingerprint density at radius 3 is 0.717 bits per heavy atom. The van der Waals surface area contributed by atoms with Gasteiger partial charge in [-0.2, -0.15) is 0 Å². The van der Waals surface area contributed by atoms with E-state index in [4.69, 9.17) is 37.0 Å². The van der Waals surface area contributed by atoms with Crippen molar-refractivity contribution in [3.05, 3.63) is 0 Å². The van der Waals surface area contributed by atoms with Crippen molar-refractivity contribution >= 4 is 39.5 Å². The summed E-state index contributed by atoms with van der Waals surface area (Å²) in [5.41, 5.74) is 0. The minimum atomic E-state index is -4.97. The van der Waals surface area contributed by atoms with E-state index in [9.17, 15) is 43.2 Å². The number of unbranched alkanes of at least 4 members (excludes halogenated alkanes) is 51. The molecule has 19 heteroatoms. The Morgan fingerprint density at radius 1 is 0.274 bits per heavy atom. The molecule has 0 aromatic carbocycles. The number of phosphoric ester groups is 2. The van der Waals surface area contributed by atoms with E-state index in [1.165, 1.54) is 263 Å². The Kier molecular flexibility index (Phi) is 75.6. The first-order chi connectivity index (χ1) is 51.3. The SMILES string of the molecule is CCCCCCCCCCC(=O)OC[C@H](COP(=O)(O)OC[C@H](O)COP(=O)(O)OC[C@@H](COC(=O)CCCCCCCCCCCCCCCCCCCCC(C)CC)OC(=O)CCCCCCCCCCCCCCCCCCCCC(C)CC)OC(=O)CCCCCCCCCCCCCC(C)C. The smallest absolute Gasteiger partial charge is 0.462 e. The lowest BCUT2D eigenvalue weighted by Crippen LogP contribution is -2.30. The molecule has 0 saturated carbocycles. The highest BCUT2D eigenvalue weighted by Crippen LogP contribution is 2.45. The van der Waals surface area contributed by atoms with Crippen LogP contribution >= 0.6 is 15.6 Å². The van der Waals surface area contributed by atoms with Crippen LogP contribution in [0.1, 0.15) is 459 Å². The van der Waals surface area contributed by atoms with Crippen molar-refractivity contribution < 1.29 is 80.2 Å². The molecule has 4 unspecified atom stereocenters. The lowest BCUT2D eigenvalue weighted by molar-refractivity contribution is -0.161. The molecule has 3 N–H and O–H groups in total. The van der Waals surface area contributed by atoms with Gasteiger partial charge in [-0.25, -0.2) is 9.13 Å². The van der Waals surface area contributed by atoms with E-state index in [0.29, 0.717) is 25.7 Å². The third kappa shape index (κ3) is 77.4. The van der Waals surface area contributed by atoms with Crippen LogP contribution in [0.3, 0.4) is 0 Å². The lowest BCUT2D eigenvalue weighted by atomic mass is 9.99. The van der Waals surface area contributed by atoms with Crippen LogP contribution in [0.2, 0.25) is 0 Å². The second-order valence-electron chi connectivity index (χ2n) is 32.2. The Morgan fingerprint density at radius 2 is 0.481 bits per heavy atom. The van der Waals surface area contributed by atoms with Gasteiger partial charge in [0.1, 0.15) is 19.3 Å². The summed E-state index contributed by atoms with van der Waals surface area (Å²) in [4.78, 5) is 73.1. The quantitative estimate of drug-likeness (QED) is 0.0222. The summed E-state index contributed by atoms with van der Waals surface area (Å²) in [6.45, 7) is 12.1. The van der Waals surface area contributed by atoms with E-state index in [2.05, 4.69) is 48.5 Å². The van der Waals surface area contributed by atoms with Crippen molar-refractivity contribution in [3.8, 4) is 0 Å². The summed E-state index contributed by atoms with van der Waals surface area (Å²) < 4.78 is 68.8. The van der Waals surface area contributed by atoms with E-state index in [1.54, 1.807) is 0 Å². The second kappa shape index (κ2) is 77.0. The van der Waals surface area contributed by atoms with Crippen LogP contribution in [0.4, 0.5) is 0 Å². The normalized spacial score (nSPS) is 14.4. The number of carbonyl (C=O) groups is 4. The maximum Gasteiger partial charge on any atom is 0.472 e. The Hall–Kier alpha value is -1.94. The number of hydrogen-bond donors (Lipinski definition) is 3. The van der Waals surface area contributed by atoms with Crippen LogP contribution < -0.4 is 0 Å². The van der Waals surface area contributed by atoms with Gasteiger partial charge in [0.15, 0.2) is 12.2 Å². The fraction of sp³-hybridized carbons (Fsp3) is 0.954. The highest BCUT2D eigenvalue weighted by molar-refractivity contribution is 7.47. The van der Waals surface area contributed by atoms with Crippen LogP contribution in [0.5, 0.6) is 0 Å². The van der Waals surface area contributed by atoms with Crippen molar-refractivity contribution in [2.24, 2.45) is 17.8 Å². The monoisotopic (exact) mass is 1550 g/mol. The van der Waals surface area contributed by atoms with Crippen LogP contribution in [-0.2, 0) is 65.4 Å². The zero-order valence-electron chi connectivity index (χ0n) is 69.9. The van der Waals surface area contributed by atoms with Crippen LogP contribution in [0.15, 0.2) is 0 Å². The van der Waals surface area contributed by atoms with Gasteiger partial charge >= 0.3 is 39.5 Å². The first-order valence-corrected chi connectivity index (χ1v) is 47.9. The third-order valence-electron chi connectivity index (χ3n) is 21.1. The van der Waals surface area contributed by atoms with E-state index >= 15 is 0 Å². The predicted octanol–water partition coefficient (Wildman–Crippen LogP) is 26.5. The number of esters is 4. The largest absolute Gasteiger partial charge is 0.472 e. The van der Waals surface area contributed by atoms with Crippen LogP contribution in [0, 0.1) is 17.8 Å². The van der Waals surface area contributed by atoms with Gasteiger partial charge in [0.2, 0.25) is 0 Å². The van der Waals surface area contributed by atoms with Gasteiger partial charge in [-0.3, -0.25) is 37.3 Å². The molecular formula is C87H170O17P2. The number of rotatable bonds is 85. The van der Waals surface area contributed by atoms with Gasteiger partial charge in [-0.1, -0.05) is 408 Å². The topological polar surface area (TPSA) is 237 Å². The second-order valence-corrected chi connectivity index (χ2v) is 35.1. The number of carbonyl (C=O) groups excluding carboxylic acids is 4. The molecule has 630 valence electrons. The molecular weight excluding hydrogens is 1380 g/mol. The first-order valence-electron chi connectivity index (χ1n) is 44.9. The standard InChI is InChI=1S/C87H170O17P2/c1-8-11-12-13-14-47-54-61-68-84(89)97-74-82(103-87(92)71-64-57-50-43-37-31-32-38-44-51-58-65-78(4)5)76-101-105(93,94)99-72-81(88)73-100-106(95,96)102-77-83(104-86(91)70-63-56-49-42-36-30-26-22-18-16-20-24-28-34-40-46-53-60-67-80(7)10-3)75-98-85(90)69-62-55-48-41-35-29-25-21-17-15-19-23-27-33-39-45-52-59-66-79(6)9-2/h78-83,88H,8-77H2,1-7H3,(H,93,94)(H,95,96)/t79?,80?,81-,82+,83+/m0/s1. The minimum absolute atomic E-state index is 0.106. The summed E-state index contributed by atoms with van der Waals surface area (Å²) in [6.07, 6.45) is 68.2. The number of ether oxygens (including phenoxy) is 4. The van der Waals surface area contributed by atoms with Crippen LogP contribution in [0.25, 0.3) is 0 Å². The minimum Gasteiger partial charge on any atom is -0.462 e. The van der Waals surface area contributed by atoms with Gasteiger partial charge in [0, 0.05) is 25.7 Å². The summed E-state index contributed by atoms with van der Waals surface area (Å²) in [5.74, 6) is 0.403. The number of hydrogen-bond acceptors (Lipinski definition) is 15. The summed E-state index contributed by atoms with van der Waals surface area (Å²) in [6, 6.07) is 0. The van der Waals surface area contributed by atoms with E-state index in [0.717, 1.165) is 114 Å². The molecule has 0 aliphatic heterocycles. The highest BCUT2D eigenvalue weighted by Gasteiger charge is 2.31. The molecule has 0 aromatic rings. The van der Waals surface area contributed by atoms with E-state index in [1.807, 2.05) is 0 Å². The van der Waals surface area contributed by atoms with Gasteiger partial charge < -0.3 is 33.8 Å². The predicted molar refractivity (Wildman–Crippen MR) is 437 cm³/mol. The molecule has 0 bridgehead atoms. The maximum absolute atomic E-state index is 13.2. The van der Waals surface area contributed by atoms with Crippen molar-refractivity contribution in [1.82, 2.24) is 0 Å². The van der Waals surface area contributed by atoms with Gasteiger partial charge in [-0.15, -0.1) is 0 Å². The molecule has 0 fully saturated rings. The summed E-state index contributed by atoms with van der Waals surface area (Å²) in [5, 5.41) is 10.7. The van der Waals surface area contributed by atoms with Crippen molar-refractivity contribution in [2.45, 2.75) is 478 Å². The molecule has 0 aliphatic rings. The van der Waals surface area contributed by atoms with Crippen LogP contribution in [-0.4, -0.2) is 96.7 Å². The molecule has 0 heterocycles. The molecule has 7 atom stereocenters. The Balaban J connectivity index is 5.17. The first kappa shape index (κ1) is 104. The zero-order valence-corrected chi connectivity index (χ0v) is 71.7. The molecule has 106 heavy (non-hydrogen) atoms. The van der Waals surface area contributed by atoms with Crippen molar-refractivity contribution in [2.75, 3.05) is 39.6 Å². The molecule has 0 saturated heterocycles. The molecule has 0 aliphatic carbocycles. The summed E-state index contributed by atoms with van der Waals surface area (Å²) >= 11 is 0. The molecule has 0 rings (SSSR count). The zero-order chi connectivity index (χ0) is 77.9.